The lowest BCUT2D eigenvalue weighted by Crippen LogP contribution is -2.27. The zero-order valence-electron chi connectivity index (χ0n) is 15.1. The van der Waals surface area contributed by atoms with Gasteiger partial charge in [0.2, 0.25) is 0 Å². The number of hydrogen-bond donors (Lipinski definition) is 4. The number of rotatable bonds is 5. The standard InChI is InChI=1S/C19H21N7O/c1-12-8-9-13(19(27)22-2)10-15(12)25-17-16(20)18(24-11-23-17)26(21)14-6-4-3-5-7-14/h3-11H,20-21H2,1-2H3,(H,22,27)(H,23,24,25). The van der Waals surface area contributed by atoms with Crippen molar-refractivity contribution in [1.82, 2.24) is 15.3 Å². The summed E-state index contributed by atoms with van der Waals surface area (Å²) in [5, 5.41) is 7.17. The van der Waals surface area contributed by atoms with E-state index in [4.69, 9.17) is 11.6 Å². The Morgan fingerprint density at radius 2 is 1.85 bits per heavy atom. The Kier molecular flexibility index (Phi) is 5.18. The highest BCUT2D eigenvalue weighted by molar-refractivity contribution is 5.95. The highest BCUT2D eigenvalue weighted by Crippen LogP contribution is 2.31. The minimum absolute atomic E-state index is 0.174. The van der Waals surface area contributed by atoms with E-state index in [-0.39, 0.29) is 5.91 Å². The van der Waals surface area contributed by atoms with Gasteiger partial charge in [-0.25, -0.2) is 15.8 Å². The Balaban J connectivity index is 1.94. The molecule has 1 amide bonds. The molecule has 0 saturated carbocycles. The number of nitrogens with one attached hydrogen (secondary N) is 2. The summed E-state index contributed by atoms with van der Waals surface area (Å²) in [5.41, 5.74) is 9.49. The van der Waals surface area contributed by atoms with Crippen molar-refractivity contribution < 1.29 is 4.79 Å². The number of aryl methyl sites for hydroxylation is 1. The van der Waals surface area contributed by atoms with Crippen molar-refractivity contribution in [3.63, 3.8) is 0 Å². The van der Waals surface area contributed by atoms with E-state index in [9.17, 15) is 4.79 Å². The molecule has 0 atom stereocenters. The van der Waals surface area contributed by atoms with E-state index in [1.807, 2.05) is 43.3 Å². The number of carbonyl (C=O) groups excluding carboxylic acids is 1. The van der Waals surface area contributed by atoms with Gasteiger partial charge in [0.15, 0.2) is 11.6 Å². The predicted octanol–water partition coefficient (Wildman–Crippen LogP) is 2.48. The smallest absolute Gasteiger partial charge is 0.251 e. The first kappa shape index (κ1) is 18.2. The monoisotopic (exact) mass is 363 g/mol. The van der Waals surface area contributed by atoms with Gasteiger partial charge < -0.3 is 16.4 Å². The van der Waals surface area contributed by atoms with Crippen molar-refractivity contribution in [2.45, 2.75) is 6.92 Å². The second kappa shape index (κ2) is 7.71. The molecule has 0 unspecified atom stereocenters. The zero-order chi connectivity index (χ0) is 19.4. The Morgan fingerprint density at radius 3 is 2.56 bits per heavy atom. The van der Waals surface area contributed by atoms with Crippen molar-refractivity contribution in [3.05, 3.63) is 66.0 Å². The van der Waals surface area contributed by atoms with Crippen molar-refractivity contribution >= 4 is 34.6 Å². The summed E-state index contributed by atoms with van der Waals surface area (Å²) in [4.78, 5) is 20.3. The molecule has 27 heavy (non-hydrogen) atoms. The second-order valence-corrected chi connectivity index (χ2v) is 5.90. The molecule has 8 heteroatoms. The van der Waals surface area contributed by atoms with Crippen LogP contribution in [-0.2, 0) is 0 Å². The zero-order valence-corrected chi connectivity index (χ0v) is 15.1. The summed E-state index contributed by atoms with van der Waals surface area (Å²) >= 11 is 0. The third kappa shape index (κ3) is 3.80. The first-order valence-corrected chi connectivity index (χ1v) is 8.31. The molecule has 2 aromatic carbocycles. The average molecular weight is 363 g/mol. The number of hydrogen-bond acceptors (Lipinski definition) is 7. The quantitative estimate of drug-likeness (QED) is 0.406. The third-order valence-electron chi connectivity index (χ3n) is 4.11. The van der Waals surface area contributed by atoms with E-state index >= 15 is 0 Å². The number of nitrogens with two attached hydrogens (primary N) is 2. The van der Waals surface area contributed by atoms with Crippen LogP contribution in [-0.4, -0.2) is 22.9 Å². The number of amides is 1. The molecule has 0 bridgehead atoms. The van der Waals surface area contributed by atoms with Gasteiger partial charge in [0, 0.05) is 18.3 Å². The van der Waals surface area contributed by atoms with Crippen LogP contribution in [0.3, 0.4) is 0 Å². The van der Waals surface area contributed by atoms with Gasteiger partial charge in [-0.15, -0.1) is 0 Å². The Bertz CT molecular complexity index is 960. The van der Waals surface area contributed by atoms with Crippen LogP contribution < -0.4 is 27.2 Å². The number of anilines is 5. The van der Waals surface area contributed by atoms with Crippen LogP contribution in [0.2, 0.25) is 0 Å². The molecule has 3 aromatic rings. The molecule has 0 saturated heterocycles. The third-order valence-corrected chi connectivity index (χ3v) is 4.11. The fraction of sp³-hybridized carbons (Fsp3) is 0.105. The SMILES string of the molecule is CNC(=O)c1ccc(C)c(Nc2ncnc(N(N)c3ccccc3)c2N)c1. The lowest BCUT2D eigenvalue weighted by Gasteiger charge is -2.20. The topological polar surface area (TPSA) is 122 Å². The van der Waals surface area contributed by atoms with Crippen molar-refractivity contribution in [2.75, 3.05) is 23.1 Å². The Labute approximate surface area is 157 Å². The van der Waals surface area contributed by atoms with Gasteiger partial charge >= 0.3 is 0 Å². The number of carbonyl (C=O) groups is 1. The molecular formula is C19H21N7O. The minimum atomic E-state index is -0.174. The summed E-state index contributed by atoms with van der Waals surface area (Å²) < 4.78 is 0. The molecule has 0 aliphatic carbocycles. The molecule has 0 aliphatic heterocycles. The number of aromatic nitrogens is 2. The summed E-state index contributed by atoms with van der Waals surface area (Å²) in [6, 6.07) is 14.7. The van der Waals surface area contributed by atoms with Crippen LogP contribution in [0.5, 0.6) is 0 Å². The van der Waals surface area contributed by atoms with Crippen molar-refractivity contribution in [1.29, 1.82) is 0 Å². The van der Waals surface area contributed by atoms with Gasteiger partial charge in [-0.1, -0.05) is 24.3 Å². The van der Waals surface area contributed by atoms with E-state index in [0.717, 1.165) is 16.9 Å². The molecule has 0 fully saturated rings. The summed E-state index contributed by atoms with van der Waals surface area (Å²) in [6.45, 7) is 1.92. The molecule has 3 rings (SSSR count). The highest BCUT2D eigenvalue weighted by Gasteiger charge is 2.15. The fourth-order valence-corrected chi connectivity index (χ4v) is 2.56. The average Bonchev–Trinajstić information content (AvgIpc) is 2.70. The predicted molar refractivity (Wildman–Crippen MR) is 107 cm³/mol. The maximum Gasteiger partial charge on any atom is 0.251 e. The van der Waals surface area contributed by atoms with Gasteiger partial charge in [-0.2, -0.15) is 0 Å². The Hall–Kier alpha value is -3.65. The summed E-state index contributed by atoms with van der Waals surface area (Å²) in [5.74, 6) is 6.78. The first-order chi connectivity index (χ1) is 13.0. The molecule has 138 valence electrons. The van der Waals surface area contributed by atoms with Crippen molar-refractivity contribution in [2.24, 2.45) is 5.84 Å². The van der Waals surface area contributed by atoms with Gasteiger partial charge in [0.05, 0.1) is 5.69 Å². The molecule has 6 N–H and O–H groups in total. The number of para-hydroxylation sites is 1. The molecule has 8 nitrogen and oxygen atoms in total. The Morgan fingerprint density at radius 1 is 1.11 bits per heavy atom. The van der Waals surface area contributed by atoms with Crippen LogP contribution in [0.15, 0.2) is 54.9 Å². The van der Waals surface area contributed by atoms with E-state index in [2.05, 4.69) is 20.6 Å². The first-order valence-electron chi connectivity index (χ1n) is 8.31. The number of nitrogen functional groups attached to an aromatic ring is 1. The van der Waals surface area contributed by atoms with Gasteiger partial charge in [-0.3, -0.25) is 9.80 Å². The van der Waals surface area contributed by atoms with Gasteiger partial charge in [-0.05, 0) is 36.8 Å². The van der Waals surface area contributed by atoms with E-state index in [1.54, 1.807) is 19.2 Å². The molecule has 0 radical (unpaired) electrons. The van der Waals surface area contributed by atoms with Crippen LogP contribution in [0.1, 0.15) is 15.9 Å². The lowest BCUT2D eigenvalue weighted by atomic mass is 10.1. The van der Waals surface area contributed by atoms with E-state index in [1.165, 1.54) is 11.3 Å². The van der Waals surface area contributed by atoms with Crippen LogP contribution >= 0.6 is 0 Å². The molecular weight excluding hydrogens is 342 g/mol. The highest BCUT2D eigenvalue weighted by atomic mass is 16.1. The van der Waals surface area contributed by atoms with Gasteiger partial charge in [0.25, 0.3) is 5.91 Å². The minimum Gasteiger partial charge on any atom is -0.393 e. The van der Waals surface area contributed by atoms with Crippen LogP contribution in [0.25, 0.3) is 0 Å². The largest absolute Gasteiger partial charge is 0.393 e. The lowest BCUT2D eigenvalue weighted by molar-refractivity contribution is 0.0963. The summed E-state index contributed by atoms with van der Waals surface area (Å²) in [6.07, 6.45) is 1.38. The summed E-state index contributed by atoms with van der Waals surface area (Å²) in [7, 11) is 1.59. The van der Waals surface area contributed by atoms with Gasteiger partial charge in [0.1, 0.15) is 12.0 Å². The van der Waals surface area contributed by atoms with Crippen LogP contribution in [0, 0.1) is 6.92 Å². The van der Waals surface area contributed by atoms with Crippen molar-refractivity contribution in [3.8, 4) is 0 Å². The number of nitrogens with zero attached hydrogens (tertiary/aromatic N) is 3. The van der Waals surface area contributed by atoms with E-state index < -0.39 is 0 Å². The number of hydrazine groups is 1. The molecule has 0 aliphatic rings. The number of benzene rings is 2. The van der Waals surface area contributed by atoms with E-state index in [0.29, 0.717) is 22.9 Å². The normalized spacial score (nSPS) is 10.3. The molecule has 0 spiro atoms. The maximum atomic E-state index is 11.9. The fourth-order valence-electron chi connectivity index (χ4n) is 2.56. The molecule has 1 aromatic heterocycles. The van der Waals surface area contributed by atoms with Crippen LogP contribution in [0.4, 0.5) is 28.7 Å². The second-order valence-electron chi connectivity index (χ2n) is 5.90. The maximum absolute atomic E-state index is 11.9. The molecule has 1 heterocycles.